The number of hydrogen-bond donors (Lipinski definition) is 1. The van der Waals surface area contributed by atoms with Gasteiger partial charge in [-0.1, -0.05) is 0 Å². The van der Waals surface area contributed by atoms with E-state index in [1.54, 1.807) is 0 Å². The lowest BCUT2D eigenvalue weighted by atomic mass is 9.81. The molecule has 3 unspecified atom stereocenters. The first-order valence-corrected chi connectivity index (χ1v) is 8.60. The standard InChI is InChI=1S/C16H29N3/c1-4-15(17-7-1)14-3-2-8-19(11-14)16-12-18-9-5-13(16)6-10-18/h13-17H,1-12H2. The highest BCUT2D eigenvalue weighted by Crippen LogP contribution is 2.34. The molecule has 0 aromatic carbocycles. The lowest BCUT2D eigenvalue weighted by molar-refractivity contribution is -0.0153. The van der Waals surface area contributed by atoms with Gasteiger partial charge >= 0.3 is 0 Å². The average Bonchev–Trinajstić information content (AvgIpc) is 3.03. The number of piperidine rings is 4. The summed E-state index contributed by atoms with van der Waals surface area (Å²) in [5, 5.41) is 3.75. The average molecular weight is 263 g/mol. The topological polar surface area (TPSA) is 18.5 Å². The first-order valence-electron chi connectivity index (χ1n) is 8.60. The Balaban J connectivity index is 1.40. The molecule has 5 saturated heterocycles. The summed E-state index contributed by atoms with van der Waals surface area (Å²) in [5.41, 5.74) is 0. The molecule has 5 fully saturated rings. The van der Waals surface area contributed by atoms with Crippen LogP contribution < -0.4 is 5.32 Å². The van der Waals surface area contributed by atoms with Gasteiger partial charge < -0.3 is 10.2 Å². The van der Waals surface area contributed by atoms with Gasteiger partial charge in [0.05, 0.1) is 0 Å². The van der Waals surface area contributed by atoms with E-state index in [2.05, 4.69) is 15.1 Å². The third-order valence-electron chi connectivity index (χ3n) is 6.25. The van der Waals surface area contributed by atoms with Crippen molar-refractivity contribution < 1.29 is 0 Å². The van der Waals surface area contributed by atoms with Crippen LogP contribution in [0.5, 0.6) is 0 Å². The maximum absolute atomic E-state index is 3.75. The molecule has 5 aliphatic rings. The number of fused-ring (bicyclic) bond motifs is 3. The van der Waals surface area contributed by atoms with Gasteiger partial charge in [-0.3, -0.25) is 4.90 Å². The quantitative estimate of drug-likeness (QED) is 0.815. The number of rotatable bonds is 2. The first-order chi connectivity index (χ1) is 9.40. The second-order valence-corrected chi connectivity index (χ2v) is 7.31. The molecule has 3 nitrogen and oxygen atoms in total. The predicted octanol–water partition coefficient (Wildman–Crippen LogP) is 1.54. The first kappa shape index (κ1) is 12.6. The molecule has 0 aliphatic carbocycles. The summed E-state index contributed by atoms with van der Waals surface area (Å²) in [6.45, 7) is 8.15. The lowest BCUT2D eigenvalue weighted by Gasteiger charge is -2.51. The fourth-order valence-corrected chi connectivity index (χ4v) is 5.13. The van der Waals surface area contributed by atoms with Crippen LogP contribution in [-0.4, -0.2) is 61.2 Å². The minimum atomic E-state index is 0.837. The molecule has 5 rings (SSSR count). The molecule has 0 spiro atoms. The number of hydrogen-bond acceptors (Lipinski definition) is 3. The van der Waals surface area contributed by atoms with Gasteiger partial charge in [-0.15, -0.1) is 0 Å². The van der Waals surface area contributed by atoms with Crippen LogP contribution in [-0.2, 0) is 0 Å². The monoisotopic (exact) mass is 263 g/mol. The molecule has 2 bridgehead atoms. The SMILES string of the molecule is C1CNC(C2CCCN(C3CN4CCC3CC4)C2)C1. The highest BCUT2D eigenvalue weighted by Gasteiger charge is 2.40. The summed E-state index contributed by atoms with van der Waals surface area (Å²) < 4.78 is 0. The Bertz CT molecular complexity index is 305. The Labute approximate surface area is 117 Å². The van der Waals surface area contributed by atoms with E-state index in [1.807, 2.05) is 0 Å². The summed E-state index contributed by atoms with van der Waals surface area (Å²) in [6.07, 6.45) is 8.67. The fourth-order valence-electron chi connectivity index (χ4n) is 5.13. The van der Waals surface area contributed by atoms with E-state index in [1.165, 1.54) is 77.8 Å². The molecule has 5 heterocycles. The zero-order valence-corrected chi connectivity index (χ0v) is 12.2. The number of nitrogens with one attached hydrogen (secondary N) is 1. The van der Waals surface area contributed by atoms with Crippen molar-refractivity contribution in [3.63, 3.8) is 0 Å². The van der Waals surface area contributed by atoms with Crippen LogP contribution in [0.2, 0.25) is 0 Å². The summed E-state index contributed by atoms with van der Waals surface area (Å²) in [6, 6.07) is 1.73. The summed E-state index contributed by atoms with van der Waals surface area (Å²) >= 11 is 0. The molecule has 3 heteroatoms. The molecule has 0 amide bonds. The maximum atomic E-state index is 3.75. The summed E-state index contributed by atoms with van der Waals surface area (Å²) in [7, 11) is 0. The van der Waals surface area contributed by atoms with Gasteiger partial charge in [0, 0.05) is 25.2 Å². The Kier molecular flexibility index (Phi) is 3.55. The zero-order valence-electron chi connectivity index (χ0n) is 12.2. The predicted molar refractivity (Wildman–Crippen MR) is 78.3 cm³/mol. The number of likely N-dealkylation sites (tertiary alicyclic amines) is 1. The molecule has 19 heavy (non-hydrogen) atoms. The molecule has 3 atom stereocenters. The highest BCUT2D eigenvalue weighted by molar-refractivity contribution is 4.95. The van der Waals surface area contributed by atoms with E-state index in [4.69, 9.17) is 0 Å². The minimum absolute atomic E-state index is 0.837. The largest absolute Gasteiger partial charge is 0.314 e. The van der Waals surface area contributed by atoms with Crippen LogP contribution in [0.25, 0.3) is 0 Å². The second kappa shape index (κ2) is 5.34. The lowest BCUT2D eigenvalue weighted by Crippen LogP contribution is -2.59. The Morgan fingerprint density at radius 3 is 2.37 bits per heavy atom. The van der Waals surface area contributed by atoms with Gasteiger partial charge in [0.2, 0.25) is 0 Å². The van der Waals surface area contributed by atoms with Crippen LogP contribution in [0.3, 0.4) is 0 Å². The second-order valence-electron chi connectivity index (χ2n) is 7.31. The van der Waals surface area contributed by atoms with Gasteiger partial charge in [-0.2, -0.15) is 0 Å². The van der Waals surface area contributed by atoms with Crippen molar-refractivity contribution in [1.82, 2.24) is 15.1 Å². The van der Waals surface area contributed by atoms with Crippen molar-refractivity contribution in [3.05, 3.63) is 0 Å². The van der Waals surface area contributed by atoms with Crippen LogP contribution in [0.4, 0.5) is 0 Å². The van der Waals surface area contributed by atoms with Gasteiger partial charge in [0.25, 0.3) is 0 Å². The van der Waals surface area contributed by atoms with E-state index in [0.717, 1.165) is 23.9 Å². The van der Waals surface area contributed by atoms with Gasteiger partial charge in [-0.25, -0.2) is 0 Å². The third kappa shape index (κ3) is 2.45. The van der Waals surface area contributed by atoms with Crippen LogP contribution >= 0.6 is 0 Å². The fraction of sp³-hybridized carbons (Fsp3) is 1.00. The Hall–Kier alpha value is -0.120. The molecule has 0 aromatic heterocycles. The van der Waals surface area contributed by atoms with Crippen LogP contribution in [0.1, 0.15) is 38.5 Å². The van der Waals surface area contributed by atoms with E-state index in [0.29, 0.717) is 0 Å². The molecular weight excluding hydrogens is 234 g/mol. The van der Waals surface area contributed by atoms with Crippen molar-refractivity contribution in [2.24, 2.45) is 11.8 Å². The normalized spacial score (nSPS) is 47.7. The van der Waals surface area contributed by atoms with Gasteiger partial charge in [0.1, 0.15) is 0 Å². The molecule has 0 radical (unpaired) electrons. The van der Waals surface area contributed by atoms with E-state index >= 15 is 0 Å². The summed E-state index contributed by atoms with van der Waals surface area (Å²) in [4.78, 5) is 5.59. The van der Waals surface area contributed by atoms with Crippen molar-refractivity contribution in [2.75, 3.05) is 39.3 Å². The van der Waals surface area contributed by atoms with Crippen molar-refractivity contribution in [2.45, 2.75) is 50.6 Å². The Morgan fingerprint density at radius 2 is 1.68 bits per heavy atom. The van der Waals surface area contributed by atoms with Crippen molar-refractivity contribution in [1.29, 1.82) is 0 Å². The van der Waals surface area contributed by atoms with Gasteiger partial charge in [-0.05, 0) is 76.5 Å². The molecule has 0 saturated carbocycles. The van der Waals surface area contributed by atoms with Gasteiger partial charge in [0.15, 0.2) is 0 Å². The van der Waals surface area contributed by atoms with E-state index < -0.39 is 0 Å². The number of nitrogens with zero attached hydrogens (tertiary/aromatic N) is 2. The molecule has 1 N–H and O–H groups in total. The maximum Gasteiger partial charge on any atom is 0.0252 e. The Morgan fingerprint density at radius 1 is 0.789 bits per heavy atom. The smallest absolute Gasteiger partial charge is 0.0252 e. The molecule has 0 aromatic rings. The minimum Gasteiger partial charge on any atom is -0.314 e. The van der Waals surface area contributed by atoms with E-state index in [9.17, 15) is 0 Å². The molecule has 5 aliphatic heterocycles. The zero-order chi connectivity index (χ0) is 12.7. The van der Waals surface area contributed by atoms with Crippen LogP contribution in [0, 0.1) is 11.8 Å². The van der Waals surface area contributed by atoms with Crippen molar-refractivity contribution >= 4 is 0 Å². The third-order valence-corrected chi connectivity index (χ3v) is 6.25. The van der Waals surface area contributed by atoms with Crippen LogP contribution in [0.15, 0.2) is 0 Å². The summed E-state index contributed by atoms with van der Waals surface area (Å²) in [5.74, 6) is 1.95. The van der Waals surface area contributed by atoms with Crippen molar-refractivity contribution in [3.8, 4) is 0 Å². The highest BCUT2D eigenvalue weighted by atomic mass is 15.3. The molecular formula is C16H29N3. The molecule has 108 valence electrons. The van der Waals surface area contributed by atoms with E-state index in [-0.39, 0.29) is 0 Å².